The van der Waals surface area contributed by atoms with E-state index in [0.717, 1.165) is 35.4 Å². The van der Waals surface area contributed by atoms with E-state index in [4.69, 9.17) is 14.2 Å². The Morgan fingerprint density at radius 2 is 2.22 bits per heavy atom. The van der Waals surface area contributed by atoms with Crippen LogP contribution in [-0.4, -0.2) is 48.1 Å². The van der Waals surface area contributed by atoms with Gasteiger partial charge in [-0.05, 0) is 43.5 Å². The molecule has 0 saturated heterocycles. The molecule has 0 bridgehead atoms. The number of rotatable bonds is 5. The number of hydrogen-bond donors (Lipinski definition) is 0. The quantitative estimate of drug-likeness (QED) is 0.753. The minimum Gasteiger partial charge on any atom is -0.490 e. The molecule has 0 N–H and O–H groups in total. The van der Waals surface area contributed by atoms with Crippen LogP contribution in [0.3, 0.4) is 0 Å². The summed E-state index contributed by atoms with van der Waals surface area (Å²) in [5, 5.41) is 0. The summed E-state index contributed by atoms with van der Waals surface area (Å²) in [6, 6.07) is 5.85. The molecule has 1 atom stereocenters. The summed E-state index contributed by atoms with van der Waals surface area (Å²) >= 11 is 0. The van der Waals surface area contributed by atoms with Crippen LogP contribution in [0.15, 0.2) is 18.2 Å². The van der Waals surface area contributed by atoms with Gasteiger partial charge in [0.2, 0.25) is 0 Å². The second kappa shape index (κ2) is 7.31. The Balaban J connectivity index is 1.76. The number of imidazole rings is 1. The van der Waals surface area contributed by atoms with Gasteiger partial charge in [0, 0.05) is 12.0 Å². The normalized spacial score (nSPS) is 19.3. The van der Waals surface area contributed by atoms with Crippen molar-refractivity contribution >= 4 is 5.97 Å². The lowest BCUT2D eigenvalue weighted by atomic mass is 10.1. The molecule has 27 heavy (non-hydrogen) atoms. The van der Waals surface area contributed by atoms with Gasteiger partial charge in [0.1, 0.15) is 24.4 Å². The van der Waals surface area contributed by atoms with Crippen LogP contribution in [0.25, 0.3) is 11.4 Å². The van der Waals surface area contributed by atoms with Crippen molar-refractivity contribution in [2.45, 2.75) is 44.9 Å². The van der Waals surface area contributed by atoms with Gasteiger partial charge in [0.05, 0.1) is 32.1 Å². The predicted molar refractivity (Wildman–Crippen MR) is 96.8 cm³/mol. The largest absolute Gasteiger partial charge is 0.490 e. The van der Waals surface area contributed by atoms with E-state index in [1.807, 2.05) is 29.7 Å². The molecule has 0 radical (unpaired) electrons. The number of fused-ring (bicyclic) bond motifs is 1. The molecule has 1 aliphatic heterocycles. The maximum atomic E-state index is 13.3. The summed E-state index contributed by atoms with van der Waals surface area (Å²) in [6.07, 6.45) is 2.45. The number of hydrogen-bond acceptors (Lipinski definition) is 5. The summed E-state index contributed by atoms with van der Waals surface area (Å²) < 4.78 is 31.5. The first-order chi connectivity index (χ1) is 13.1. The molecule has 6 nitrogen and oxygen atoms in total. The summed E-state index contributed by atoms with van der Waals surface area (Å²) in [5.41, 5.74) is 2.85. The maximum Gasteiger partial charge on any atom is 0.358 e. The second-order valence-electron chi connectivity index (χ2n) is 7.03. The van der Waals surface area contributed by atoms with Gasteiger partial charge >= 0.3 is 5.97 Å². The van der Waals surface area contributed by atoms with Gasteiger partial charge in [-0.15, -0.1) is 0 Å². The molecule has 0 amide bonds. The molecule has 2 heterocycles. The number of carbonyl (C=O) groups is 1. The zero-order valence-electron chi connectivity index (χ0n) is 15.5. The lowest BCUT2D eigenvalue weighted by molar-refractivity contribution is 0.0355. The Morgan fingerprint density at radius 1 is 1.41 bits per heavy atom. The molecule has 144 valence electrons. The summed E-state index contributed by atoms with van der Waals surface area (Å²) in [4.78, 5) is 16.8. The fourth-order valence-electron chi connectivity index (χ4n) is 3.38. The summed E-state index contributed by atoms with van der Waals surface area (Å²) in [7, 11) is 1.33. The molecule has 1 aromatic heterocycles. The monoisotopic (exact) mass is 374 g/mol. The number of carbonyl (C=O) groups excluding carboxylic acids is 1. The van der Waals surface area contributed by atoms with Crippen molar-refractivity contribution < 1.29 is 23.4 Å². The number of methoxy groups -OCH3 is 1. The number of aromatic nitrogens is 2. The van der Waals surface area contributed by atoms with E-state index in [-0.39, 0.29) is 5.69 Å². The predicted octanol–water partition coefficient (Wildman–Crippen LogP) is 3.10. The number of esters is 1. The fourth-order valence-corrected chi connectivity index (χ4v) is 3.38. The van der Waals surface area contributed by atoms with Crippen LogP contribution in [0.2, 0.25) is 0 Å². The van der Waals surface area contributed by atoms with Crippen molar-refractivity contribution in [2.75, 3.05) is 20.4 Å². The Morgan fingerprint density at radius 3 is 2.89 bits per heavy atom. The highest BCUT2D eigenvalue weighted by molar-refractivity contribution is 5.89. The van der Waals surface area contributed by atoms with Gasteiger partial charge in [0.15, 0.2) is 5.69 Å². The SMILES string of the molecule is COC(=O)c1nc(-c2ccc(OC3CC3)c(C)c2)n2c1CCO[C@H](CF)C2. The van der Waals surface area contributed by atoms with Crippen LogP contribution in [0.5, 0.6) is 5.75 Å². The molecular formula is C20H23FN2O4. The molecule has 2 aliphatic rings. The zero-order chi connectivity index (χ0) is 19.0. The van der Waals surface area contributed by atoms with Crippen LogP contribution in [-0.2, 0) is 22.4 Å². The van der Waals surface area contributed by atoms with Gasteiger partial charge in [-0.2, -0.15) is 0 Å². The second-order valence-corrected chi connectivity index (χ2v) is 7.03. The fraction of sp³-hybridized carbons (Fsp3) is 0.500. The molecule has 0 unspecified atom stereocenters. The van der Waals surface area contributed by atoms with E-state index >= 15 is 0 Å². The van der Waals surface area contributed by atoms with Crippen LogP contribution >= 0.6 is 0 Å². The van der Waals surface area contributed by atoms with Gasteiger partial charge in [-0.1, -0.05) is 0 Å². The molecule has 1 aliphatic carbocycles. The van der Waals surface area contributed by atoms with Crippen LogP contribution in [0.4, 0.5) is 4.39 Å². The third kappa shape index (κ3) is 3.56. The number of alkyl halides is 1. The minimum absolute atomic E-state index is 0.270. The summed E-state index contributed by atoms with van der Waals surface area (Å²) in [5.74, 6) is 0.992. The van der Waals surface area contributed by atoms with Crippen molar-refractivity contribution in [2.24, 2.45) is 0 Å². The zero-order valence-corrected chi connectivity index (χ0v) is 15.5. The van der Waals surface area contributed by atoms with Gasteiger partial charge in [-0.3, -0.25) is 0 Å². The first kappa shape index (κ1) is 18.0. The number of nitrogens with zero attached hydrogens (tertiary/aromatic N) is 2. The molecule has 1 aromatic carbocycles. The van der Waals surface area contributed by atoms with Gasteiger partial charge in [-0.25, -0.2) is 14.2 Å². The lowest BCUT2D eigenvalue weighted by Gasteiger charge is -2.15. The van der Waals surface area contributed by atoms with E-state index in [1.165, 1.54) is 7.11 Å². The topological polar surface area (TPSA) is 62.6 Å². The minimum atomic E-state index is -0.586. The molecular weight excluding hydrogens is 351 g/mol. The highest BCUT2D eigenvalue weighted by Gasteiger charge is 2.28. The van der Waals surface area contributed by atoms with Gasteiger partial charge < -0.3 is 18.8 Å². The smallest absolute Gasteiger partial charge is 0.358 e. The third-order valence-electron chi connectivity index (χ3n) is 4.95. The Kier molecular flexibility index (Phi) is 4.86. The Labute approximate surface area is 157 Å². The standard InChI is InChI=1S/C20H23FN2O4/c1-12-9-13(3-6-17(12)27-14-4-5-14)19-22-18(20(24)25-2)16-7-8-26-15(10-21)11-23(16)19/h3,6,9,14-15H,4-5,7-8,10-11H2,1-2H3/t15-/m1/s1. The molecule has 7 heteroatoms. The number of benzene rings is 1. The van der Waals surface area contributed by atoms with Crippen LogP contribution in [0.1, 0.15) is 34.6 Å². The van der Waals surface area contributed by atoms with Gasteiger partial charge in [0.25, 0.3) is 0 Å². The molecule has 4 rings (SSSR count). The van der Waals surface area contributed by atoms with Crippen molar-refractivity contribution in [1.82, 2.24) is 9.55 Å². The highest BCUT2D eigenvalue weighted by atomic mass is 19.1. The number of halogens is 1. The Hall–Kier alpha value is -2.41. The molecule has 1 fully saturated rings. The average Bonchev–Trinajstić information content (AvgIpc) is 3.46. The molecule has 0 spiro atoms. The maximum absolute atomic E-state index is 13.3. The van der Waals surface area contributed by atoms with Crippen LogP contribution in [0, 0.1) is 6.92 Å². The van der Waals surface area contributed by atoms with Crippen molar-refractivity contribution in [3.63, 3.8) is 0 Å². The summed E-state index contributed by atoms with van der Waals surface area (Å²) in [6.45, 7) is 2.06. The van der Waals surface area contributed by atoms with E-state index in [9.17, 15) is 9.18 Å². The van der Waals surface area contributed by atoms with Crippen molar-refractivity contribution in [1.29, 1.82) is 0 Å². The first-order valence-corrected chi connectivity index (χ1v) is 9.23. The van der Waals surface area contributed by atoms with Crippen molar-refractivity contribution in [3.05, 3.63) is 35.2 Å². The van der Waals surface area contributed by atoms with Crippen LogP contribution < -0.4 is 4.74 Å². The molecule has 1 saturated carbocycles. The lowest BCUT2D eigenvalue weighted by Crippen LogP contribution is -2.21. The van der Waals surface area contributed by atoms with E-state index in [2.05, 4.69) is 4.98 Å². The highest BCUT2D eigenvalue weighted by Crippen LogP contribution is 2.33. The molecule has 2 aromatic rings. The van der Waals surface area contributed by atoms with E-state index in [0.29, 0.717) is 31.5 Å². The van der Waals surface area contributed by atoms with E-state index < -0.39 is 18.7 Å². The number of ether oxygens (including phenoxy) is 3. The number of aryl methyl sites for hydroxylation is 1. The third-order valence-corrected chi connectivity index (χ3v) is 4.95. The average molecular weight is 374 g/mol. The van der Waals surface area contributed by atoms with Crippen molar-refractivity contribution in [3.8, 4) is 17.1 Å². The van der Waals surface area contributed by atoms with E-state index in [1.54, 1.807) is 0 Å². The Bertz CT molecular complexity index is 860. The first-order valence-electron chi connectivity index (χ1n) is 9.23.